The van der Waals surface area contributed by atoms with Crippen LogP contribution in [0.15, 0.2) is 24.4 Å². The van der Waals surface area contributed by atoms with Crippen molar-refractivity contribution in [1.29, 1.82) is 0 Å². The van der Waals surface area contributed by atoms with Crippen molar-refractivity contribution in [3.63, 3.8) is 0 Å². The monoisotopic (exact) mass is 381 g/mol. The van der Waals surface area contributed by atoms with E-state index in [1.807, 2.05) is 17.8 Å². The minimum absolute atomic E-state index is 0.0671. The van der Waals surface area contributed by atoms with Gasteiger partial charge in [0.25, 0.3) is 0 Å². The van der Waals surface area contributed by atoms with Crippen LogP contribution in [0.5, 0.6) is 0 Å². The predicted octanol–water partition coefficient (Wildman–Crippen LogP) is 3.65. The second kappa shape index (κ2) is 7.27. The number of fused-ring (bicyclic) bond motifs is 1. The van der Waals surface area contributed by atoms with Crippen molar-refractivity contribution >= 4 is 40.0 Å². The van der Waals surface area contributed by atoms with Gasteiger partial charge in [-0.3, -0.25) is 9.88 Å². The minimum atomic E-state index is -0.331. The lowest BCUT2D eigenvalue weighted by atomic mass is 9.95. The Morgan fingerprint density at radius 3 is 2.92 bits per heavy atom. The van der Waals surface area contributed by atoms with Gasteiger partial charge < -0.3 is 10.1 Å². The summed E-state index contributed by atoms with van der Waals surface area (Å²) in [4.78, 5) is 6.67. The second-order valence-electron chi connectivity index (χ2n) is 6.60. The van der Waals surface area contributed by atoms with Crippen LogP contribution in [0.1, 0.15) is 6.42 Å². The largest absolute Gasteiger partial charge is 0.381 e. The van der Waals surface area contributed by atoms with Crippen LogP contribution in [0, 0.1) is 5.82 Å². The molecule has 25 heavy (non-hydrogen) atoms. The van der Waals surface area contributed by atoms with E-state index in [4.69, 9.17) is 16.3 Å². The normalized spacial score (nSPS) is 24.7. The van der Waals surface area contributed by atoms with E-state index in [9.17, 15) is 4.39 Å². The molecule has 0 amide bonds. The maximum Gasteiger partial charge on any atom is 0.172 e. The Morgan fingerprint density at radius 1 is 1.32 bits per heavy atom. The van der Waals surface area contributed by atoms with Crippen LogP contribution in [0.3, 0.4) is 0 Å². The SMILES string of the molecule is Fc1c(NCC2(N3CCOCC3)CCSC2)ccc2c(Cl)ccnc12. The van der Waals surface area contributed by atoms with Gasteiger partial charge in [-0.15, -0.1) is 0 Å². The van der Waals surface area contributed by atoms with Crippen molar-refractivity contribution in [2.45, 2.75) is 12.0 Å². The van der Waals surface area contributed by atoms with Crippen molar-refractivity contribution in [1.82, 2.24) is 9.88 Å². The smallest absolute Gasteiger partial charge is 0.172 e. The molecule has 2 aromatic rings. The van der Waals surface area contributed by atoms with E-state index in [0.717, 1.165) is 50.8 Å². The zero-order chi connectivity index (χ0) is 17.3. The van der Waals surface area contributed by atoms with E-state index < -0.39 is 0 Å². The number of morpholine rings is 1. The summed E-state index contributed by atoms with van der Waals surface area (Å²) in [5, 5.41) is 4.52. The van der Waals surface area contributed by atoms with Gasteiger partial charge >= 0.3 is 0 Å². The molecule has 2 saturated heterocycles. The van der Waals surface area contributed by atoms with Crippen molar-refractivity contribution < 1.29 is 9.13 Å². The maximum absolute atomic E-state index is 14.9. The maximum atomic E-state index is 14.9. The van der Waals surface area contributed by atoms with Crippen LogP contribution in [-0.2, 0) is 4.74 Å². The van der Waals surface area contributed by atoms with Gasteiger partial charge in [0.2, 0.25) is 0 Å². The van der Waals surface area contributed by atoms with Crippen LogP contribution in [0.2, 0.25) is 5.02 Å². The first-order chi connectivity index (χ1) is 12.2. The average Bonchev–Trinajstić information content (AvgIpc) is 3.13. The fourth-order valence-electron chi connectivity index (χ4n) is 3.68. The molecule has 2 fully saturated rings. The molecule has 0 saturated carbocycles. The van der Waals surface area contributed by atoms with E-state index in [1.54, 1.807) is 18.3 Å². The quantitative estimate of drug-likeness (QED) is 0.875. The van der Waals surface area contributed by atoms with Crippen molar-refractivity contribution in [3.8, 4) is 0 Å². The molecule has 0 bridgehead atoms. The third-order valence-electron chi connectivity index (χ3n) is 5.17. The molecule has 1 atom stereocenters. The zero-order valence-electron chi connectivity index (χ0n) is 13.9. The van der Waals surface area contributed by atoms with Gasteiger partial charge in [-0.25, -0.2) is 4.39 Å². The van der Waals surface area contributed by atoms with E-state index in [2.05, 4.69) is 15.2 Å². The second-order valence-corrected chi connectivity index (χ2v) is 8.11. The number of hydrogen-bond acceptors (Lipinski definition) is 5. The molecule has 1 aromatic heterocycles. The molecule has 0 radical (unpaired) electrons. The Morgan fingerprint density at radius 2 is 2.16 bits per heavy atom. The van der Waals surface area contributed by atoms with Crippen molar-refractivity contribution in [2.75, 3.05) is 49.7 Å². The number of nitrogens with zero attached hydrogens (tertiary/aromatic N) is 2. The summed E-state index contributed by atoms with van der Waals surface area (Å²) in [6, 6.07) is 5.28. The lowest BCUT2D eigenvalue weighted by molar-refractivity contribution is -0.00922. The molecular formula is C18H21ClFN3OS. The molecule has 7 heteroatoms. The van der Waals surface area contributed by atoms with Gasteiger partial charge in [-0.05, 0) is 30.4 Å². The average molecular weight is 382 g/mol. The molecule has 1 aromatic carbocycles. The molecule has 0 aliphatic carbocycles. The van der Waals surface area contributed by atoms with Crippen molar-refractivity contribution in [3.05, 3.63) is 35.2 Å². The van der Waals surface area contributed by atoms with Gasteiger partial charge in [-0.1, -0.05) is 11.6 Å². The van der Waals surface area contributed by atoms with E-state index in [1.165, 1.54) is 0 Å². The first-order valence-corrected chi connectivity index (χ1v) is 10.1. The number of anilines is 1. The van der Waals surface area contributed by atoms with E-state index in [-0.39, 0.29) is 11.4 Å². The molecule has 134 valence electrons. The van der Waals surface area contributed by atoms with Gasteiger partial charge in [0.05, 0.1) is 23.9 Å². The van der Waals surface area contributed by atoms with Gasteiger partial charge in [0, 0.05) is 42.5 Å². The Bertz CT molecular complexity index is 763. The summed E-state index contributed by atoms with van der Waals surface area (Å²) < 4.78 is 20.4. The van der Waals surface area contributed by atoms with Gasteiger partial charge in [-0.2, -0.15) is 11.8 Å². The topological polar surface area (TPSA) is 37.4 Å². The highest BCUT2D eigenvalue weighted by atomic mass is 35.5. The van der Waals surface area contributed by atoms with Crippen LogP contribution in [0.25, 0.3) is 10.9 Å². The summed E-state index contributed by atoms with van der Waals surface area (Å²) in [7, 11) is 0. The van der Waals surface area contributed by atoms with E-state index >= 15 is 0 Å². The van der Waals surface area contributed by atoms with Crippen LogP contribution >= 0.6 is 23.4 Å². The predicted molar refractivity (Wildman–Crippen MR) is 102 cm³/mol. The Labute approximate surface area is 156 Å². The minimum Gasteiger partial charge on any atom is -0.381 e. The fourth-order valence-corrected chi connectivity index (χ4v) is 5.37. The number of thioether (sulfide) groups is 1. The Hall–Kier alpha value is -1.08. The first kappa shape index (κ1) is 17.3. The number of ether oxygens (including phenoxy) is 1. The van der Waals surface area contributed by atoms with Gasteiger partial charge in [0.15, 0.2) is 5.82 Å². The van der Waals surface area contributed by atoms with Crippen LogP contribution in [0.4, 0.5) is 10.1 Å². The number of halogens is 2. The highest BCUT2D eigenvalue weighted by Crippen LogP contribution is 2.35. The van der Waals surface area contributed by atoms with Gasteiger partial charge in [0.1, 0.15) is 5.52 Å². The number of hydrogen-bond donors (Lipinski definition) is 1. The molecule has 2 aliphatic rings. The summed E-state index contributed by atoms with van der Waals surface area (Å²) in [6.07, 6.45) is 2.66. The fraction of sp³-hybridized carbons (Fsp3) is 0.500. The lowest BCUT2D eigenvalue weighted by Crippen LogP contribution is -2.57. The summed E-state index contributed by atoms with van der Waals surface area (Å²) in [5.41, 5.74) is 0.878. The molecule has 3 heterocycles. The first-order valence-electron chi connectivity index (χ1n) is 8.57. The van der Waals surface area contributed by atoms with Crippen molar-refractivity contribution in [2.24, 2.45) is 0 Å². The Balaban J connectivity index is 1.57. The molecular weight excluding hydrogens is 361 g/mol. The van der Waals surface area contributed by atoms with Crippen LogP contribution in [-0.4, -0.2) is 59.8 Å². The molecule has 1 unspecified atom stereocenters. The third-order valence-corrected chi connectivity index (χ3v) is 6.73. The summed E-state index contributed by atoms with van der Waals surface area (Å²) in [5.74, 6) is 1.89. The highest BCUT2D eigenvalue weighted by Gasteiger charge is 2.40. The third kappa shape index (κ3) is 3.33. The molecule has 2 aliphatic heterocycles. The highest BCUT2D eigenvalue weighted by molar-refractivity contribution is 7.99. The standard InChI is InChI=1S/C18H21ClFN3OS/c19-14-3-5-21-17-13(14)1-2-15(16(17)20)22-11-18(4-10-25-12-18)23-6-8-24-9-7-23/h1-3,5,22H,4,6-12H2. The number of benzene rings is 1. The molecule has 4 nitrogen and oxygen atoms in total. The van der Waals surface area contributed by atoms with Crippen LogP contribution < -0.4 is 5.32 Å². The Kier molecular flexibility index (Phi) is 5.04. The summed E-state index contributed by atoms with van der Waals surface area (Å²) in [6.45, 7) is 4.17. The lowest BCUT2D eigenvalue weighted by Gasteiger charge is -2.43. The van der Waals surface area contributed by atoms with E-state index in [0.29, 0.717) is 21.6 Å². The summed E-state index contributed by atoms with van der Waals surface area (Å²) >= 11 is 8.11. The zero-order valence-corrected chi connectivity index (χ0v) is 15.5. The molecule has 0 spiro atoms. The molecule has 4 rings (SSSR count). The number of pyridine rings is 1. The number of rotatable bonds is 4. The molecule has 1 N–H and O–H groups in total. The number of aromatic nitrogens is 1. The number of nitrogens with one attached hydrogen (secondary N) is 1.